The van der Waals surface area contributed by atoms with Gasteiger partial charge in [-0.15, -0.1) is 0 Å². The predicted molar refractivity (Wildman–Crippen MR) is 216 cm³/mol. The minimum Gasteiger partial charge on any atom is -0.228 e. The number of hydrogen-bond acceptors (Lipinski definition) is 2. The van der Waals surface area contributed by atoms with E-state index in [0.29, 0.717) is 0 Å². The first-order valence-electron chi connectivity index (χ1n) is 18.6. The number of nitrogens with zero attached hydrogens (tertiary/aromatic N) is 2. The number of fused-ring (bicyclic) bond motifs is 6. The van der Waals surface area contributed by atoms with Crippen LogP contribution >= 0.6 is 0 Å². The smallest absolute Gasteiger partial charge is 0.160 e. The fourth-order valence-electron chi connectivity index (χ4n) is 8.96. The van der Waals surface area contributed by atoms with Crippen molar-refractivity contribution >= 4 is 10.8 Å². The van der Waals surface area contributed by atoms with Crippen LogP contribution in [0.2, 0.25) is 0 Å². The molecule has 1 heterocycles. The molecule has 0 N–H and O–H groups in total. The Morgan fingerprint density at radius 1 is 0.365 bits per heavy atom. The summed E-state index contributed by atoms with van der Waals surface area (Å²) in [6, 6.07) is 61.6. The van der Waals surface area contributed by atoms with Gasteiger partial charge in [0, 0.05) is 22.1 Å². The molecule has 0 unspecified atom stereocenters. The van der Waals surface area contributed by atoms with Crippen LogP contribution in [-0.4, -0.2) is 9.97 Å². The molecule has 0 aliphatic heterocycles. The largest absolute Gasteiger partial charge is 0.228 e. The fourth-order valence-corrected chi connectivity index (χ4v) is 8.96. The molecule has 2 heteroatoms. The van der Waals surface area contributed by atoms with Gasteiger partial charge in [-0.25, -0.2) is 9.97 Å². The predicted octanol–water partition coefficient (Wildman–Crippen LogP) is 13.2. The second-order valence-corrected chi connectivity index (χ2v) is 14.5. The SMILES string of the molecule is c1ccc(-c2cc(-c3cccc(-c4cccc(-c5cccc6c5-c5cc7ccccc7cc5C65CCCCC5)c4)c3)nc(-c3ccccc3)n2)cc1. The maximum Gasteiger partial charge on any atom is 0.160 e. The number of hydrogen-bond donors (Lipinski definition) is 0. The Kier molecular flexibility index (Phi) is 7.42. The molecule has 2 aliphatic rings. The molecule has 1 spiro atoms. The van der Waals surface area contributed by atoms with Crippen molar-refractivity contribution in [1.29, 1.82) is 0 Å². The summed E-state index contributed by atoms with van der Waals surface area (Å²) in [5.41, 5.74) is 15.9. The van der Waals surface area contributed by atoms with Crippen molar-refractivity contribution in [2.45, 2.75) is 37.5 Å². The van der Waals surface area contributed by atoms with E-state index >= 15 is 0 Å². The molecule has 1 saturated carbocycles. The second kappa shape index (κ2) is 12.6. The molecular formula is C50H38N2. The van der Waals surface area contributed by atoms with E-state index in [1.807, 2.05) is 24.3 Å². The summed E-state index contributed by atoms with van der Waals surface area (Å²) < 4.78 is 0. The fraction of sp³-hybridized carbons (Fsp3) is 0.120. The zero-order valence-corrected chi connectivity index (χ0v) is 29.1. The van der Waals surface area contributed by atoms with Crippen molar-refractivity contribution < 1.29 is 0 Å². The topological polar surface area (TPSA) is 25.8 Å². The summed E-state index contributed by atoms with van der Waals surface area (Å²) in [6.07, 6.45) is 6.35. The normalized spacial score (nSPS) is 14.3. The van der Waals surface area contributed by atoms with Crippen LogP contribution in [0.15, 0.2) is 170 Å². The first-order valence-corrected chi connectivity index (χ1v) is 18.6. The molecule has 2 nitrogen and oxygen atoms in total. The highest BCUT2D eigenvalue weighted by molar-refractivity contribution is 5.99. The van der Waals surface area contributed by atoms with Gasteiger partial charge in [0.1, 0.15) is 0 Å². The van der Waals surface area contributed by atoms with Crippen LogP contribution in [0.5, 0.6) is 0 Å². The third-order valence-corrected chi connectivity index (χ3v) is 11.5. The van der Waals surface area contributed by atoms with E-state index in [9.17, 15) is 0 Å². The van der Waals surface area contributed by atoms with Crippen LogP contribution < -0.4 is 0 Å². The van der Waals surface area contributed by atoms with Gasteiger partial charge in [0.25, 0.3) is 0 Å². The Morgan fingerprint density at radius 2 is 0.923 bits per heavy atom. The van der Waals surface area contributed by atoms with E-state index in [1.165, 1.54) is 87.4 Å². The summed E-state index contributed by atoms with van der Waals surface area (Å²) in [7, 11) is 0. The molecule has 0 amide bonds. The molecule has 248 valence electrons. The molecule has 0 radical (unpaired) electrons. The summed E-state index contributed by atoms with van der Waals surface area (Å²) in [4.78, 5) is 10.1. The number of benzene rings is 7. The van der Waals surface area contributed by atoms with E-state index < -0.39 is 0 Å². The summed E-state index contributed by atoms with van der Waals surface area (Å²) >= 11 is 0. The van der Waals surface area contributed by atoms with E-state index in [-0.39, 0.29) is 5.41 Å². The zero-order chi connectivity index (χ0) is 34.5. The van der Waals surface area contributed by atoms with Gasteiger partial charge < -0.3 is 0 Å². The Hall–Kier alpha value is -6.12. The monoisotopic (exact) mass is 666 g/mol. The summed E-state index contributed by atoms with van der Waals surface area (Å²) in [5, 5.41) is 2.66. The van der Waals surface area contributed by atoms with E-state index in [2.05, 4.69) is 146 Å². The summed E-state index contributed by atoms with van der Waals surface area (Å²) in [6.45, 7) is 0. The van der Waals surface area contributed by atoms with Gasteiger partial charge in [-0.2, -0.15) is 0 Å². The molecule has 52 heavy (non-hydrogen) atoms. The number of aromatic nitrogens is 2. The molecule has 1 fully saturated rings. The maximum atomic E-state index is 5.11. The zero-order valence-electron chi connectivity index (χ0n) is 29.1. The second-order valence-electron chi connectivity index (χ2n) is 14.5. The highest BCUT2D eigenvalue weighted by Crippen LogP contribution is 2.58. The van der Waals surface area contributed by atoms with Crippen LogP contribution in [0.4, 0.5) is 0 Å². The summed E-state index contributed by atoms with van der Waals surface area (Å²) in [5.74, 6) is 0.728. The van der Waals surface area contributed by atoms with Gasteiger partial charge in [-0.05, 0) is 98.5 Å². The van der Waals surface area contributed by atoms with Gasteiger partial charge in [0.15, 0.2) is 5.82 Å². The molecule has 1 aromatic heterocycles. The van der Waals surface area contributed by atoms with Gasteiger partial charge in [0.2, 0.25) is 0 Å². The van der Waals surface area contributed by atoms with Crippen LogP contribution in [0, 0.1) is 0 Å². The van der Waals surface area contributed by atoms with Gasteiger partial charge in [-0.3, -0.25) is 0 Å². The Morgan fingerprint density at radius 3 is 1.65 bits per heavy atom. The highest BCUT2D eigenvalue weighted by atomic mass is 14.9. The Bertz CT molecular complexity index is 2540. The first kappa shape index (κ1) is 30.7. The van der Waals surface area contributed by atoms with Crippen LogP contribution in [0.3, 0.4) is 0 Å². The third kappa shape index (κ3) is 5.17. The maximum absolute atomic E-state index is 5.11. The van der Waals surface area contributed by atoms with Crippen molar-refractivity contribution in [2.75, 3.05) is 0 Å². The quantitative estimate of drug-likeness (QED) is 0.183. The minimum atomic E-state index is 0.101. The minimum absolute atomic E-state index is 0.101. The van der Waals surface area contributed by atoms with Crippen molar-refractivity contribution in [3.63, 3.8) is 0 Å². The average molecular weight is 667 g/mol. The molecule has 0 bridgehead atoms. The molecule has 0 atom stereocenters. The van der Waals surface area contributed by atoms with Crippen molar-refractivity contribution in [3.8, 4) is 67.3 Å². The molecule has 10 rings (SSSR count). The lowest BCUT2D eigenvalue weighted by Gasteiger charge is -2.36. The Balaban J connectivity index is 1.09. The van der Waals surface area contributed by atoms with Crippen molar-refractivity contribution in [1.82, 2.24) is 9.97 Å². The van der Waals surface area contributed by atoms with Crippen LogP contribution in [-0.2, 0) is 5.41 Å². The van der Waals surface area contributed by atoms with E-state index in [0.717, 1.165) is 33.9 Å². The van der Waals surface area contributed by atoms with Crippen molar-refractivity contribution in [2.24, 2.45) is 0 Å². The third-order valence-electron chi connectivity index (χ3n) is 11.5. The van der Waals surface area contributed by atoms with Gasteiger partial charge in [0.05, 0.1) is 11.4 Å². The Labute approximate surface area is 305 Å². The van der Waals surface area contributed by atoms with E-state index in [4.69, 9.17) is 9.97 Å². The molecular weight excluding hydrogens is 629 g/mol. The van der Waals surface area contributed by atoms with Gasteiger partial charge in [-0.1, -0.05) is 159 Å². The van der Waals surface area contributed by atoms with Crippen molar-refractivity contribution in [3.05, 3.63) is 181 Å². The van der Waals surface area contributed by atoms with E-state index in [1.54, 1.807) is 0 Å². The highest BCUT2D eigenvalue weighted by Gasteiger charge is 2.44. The molecule has 2 aliphatic carbocycles. The molecule has 8 aromatic rings. The molecule has 0 saturated heterocycles. The standard InChI is InChI=1S/C50H38N2/c1-4-15-34(16-5-1)46-33-47(52-49(51-46)35-17-6-2-7-18-35)41-24-13-22-37(30-41)36-21-12-23-40(29-36)42-25-14-26-44-48(42)43-31-38-19-8-9-20-39(38)32-45(43)50(44)27-10-3-11-28-50/h1-2,4-9,12-26,29-33H,3,10-11,27-28H2. The van der Waals surface area contributed by atoms with Crippen LogP contribution in [0.25, 0.3) is 78.1 Å². The first-order chi connectivity index (χ1) is 25.7. The lowest BCUT2D eigenvalue weighted by molar-refractivity contribution is 0.353. The molecule has 7 aromatic carbocycles. The van der Waals surface area contributed by atoms with Gasteiger partial charge >= 0.3 is 0 Å². The number of rotatable bonds is 5. The lowest BCUT2D eigenvalue weighted by Crippen LogP contribution is -2.28. The lowest BCUT2D eigenvalue weighted by atomic mass is 9.67. The average Bonchev–Trinajstić information content (AvgIpc) is 3.48. The van der Waals surface area contributed by atoms with Crippen LogP contribution in [0.1, 0.15) is 43.2 Å².